The number of benzene rings is 3. The van der Waals surface area contributed by atoms with Gasteiger partial charge in [-0.3, -0.25) is 4.79 Å². The van der Waals surface area contributed by atoms with E-state index in [9.17, 15) is 4.79 Å². The molecule has 0 saturated carbocycles. The number of anilines is 1. The molecule has 3 rings (SSSR count). The molecule has 2 heteroatoms. The molecular formula is C18H15NO. The smallest absolute Gasteiger partial charge is 0.193 e. The van der Waals surface area contributed by atoms with Gasteiger partial charge in [-0.1, -0.05) is 42.5 Å². The minimum atomic E-state index is 0.0323. The van der Waals surface area contributed by atoms with Crippen LogP contribution in [0.4, 0.5) is 5.69 Å². The fourth-order valence-electron chi connectivity index (χ4n) is 2.40. The Balaban J connectivity index is 2.15. The van der Waals surface area contributed by atoms with Crippen molar-refractivity contribution in [2.24, 2.45) is 0 Å². The van der Waals surface area contributed by atoms with Gasteiger partial charge in [0.15, 0.2) is 5.78 Å². The van der Waals surface area contributed by atoms with E-state index in [4.69, 9.17) is 5.73 Å². The topological polar surface area (TPSA) is 43.1 Å². The van der Waals surface area contributed by atoms with E-state index in [2.05, 4.69) is 0 Å². The minimum Gasteiger partial charge on any atom is -0.399 e. The summed E-state index contributed by atoms with van der Waals surface area (Å²) in [5.41, 5.74) is 8.84. The highest BCUT2D eigenvalue weighted by Gasteiger charge is 2.12. The van der Waals surface area contributed by atoms with Crippen LogP contribution in [0.2, 0.25) is 0 Å². The maximum atomic E-state index is 12.7. The zero-order valence-electron chi connectivity index (χ0n) is 11.3. The van der Waals surface area contributed by atoms with Crippen LogP contribution in [0.25, 0.3) is 10.8 Å². The number of nitrogens with two attached hydrogens (primary N) is 1. The molecule has 0 bridgehead atoms. The lowest BCUT2D eigenvalue weighted by molar-refractivity contribution is 0.104. The highest BCUT2D eigenvalue weighted by atomic mass is 16.1. The van der Waals surface area contributed by atoms with Gasteiger partial charge in [0.25, 0.3) is 0 Å². The summed E-state index contributed by atoms with van der Waals surface area (Å²) in [4.78, 5) is 12.7. The lowest BCUT2D eigenvalue weighted by Gasteiger charge is -2.07. The average Bonchev–Trinajstić information content (AvgIpc) is 2.49. The van der Waals surface area contributed by atoms with Gasteiger partial charge in [-0.25, -0.2) is 0 Å². The summed E-state index contributed by atoms with van der Waals surface area (Å²) in [6, 6.07) is 19.1. The highest BCUT2D eigenvalue weighted by Crippen LogP contribution is 2.22. The number of aryl methyl sites for hydroxylation is 1. The van der Waals surface area contributed by atoms with Gasteiger partial charge in [0.05, 0.1) is 0 Å². The Hall–Kier alpha value is -2.61. The van der Waals surface area contributed by atoms with E-state index in [-0.39, 0.29) is 5.78 Å². The van der Waals surface area contributed by atoms with E-state index in [1.165, 1.54) is 0 Å². The van der Waals surface area contributed by atoms with Gasteiger partial charge in [0.2, 0.25) is 0 Å². The monoisotopic (exact) mass is 261 g/mol. The molecule has 0 radical (unpaired) electrons. The van der Waals surface area contributed by atoms with Crippen molar-refractivity contribution in [3.8, 4) is 0 Å². The van der Waals surface area contributed by atoms with Crippen LogP contribution in [0, 0.1) is 6.92 Å². The first-order chi connectivity index (χ1) is 9.66. The normalized spacial score (nSPS) is 10.7. The Bertz CT molecular complexity index is 800. The third kappa shape index (κ3) is 2.05. The summed E-state index contributed by atoms with van der Waals surface area (Å²) < 4.78 is 0. The molecule has 0 aliphatic heterocycles. The molecule has 20 heavy (non-hydrogen) atoms. The Labute approximate surface area is 117 Å². The van der Waals surface area contributed by atoms with Crippen molar-refractivity contribution in [3.63, 3.8) is 0 Å². The van der Waals surface area contributed by atoms with Crippen LogP contribution in [-0.4, -0.2) is 5.78 Å². The van der Waals surface area contributed by atoms with E-state index in [0.29, 0.717) is 11.3 Å². The second-order valence-electron chi connectivity index (χ2n) is 4.93. The van der Waals surface area contributed by atoms with E-state index < -0.39 is 0 Å². The van der Waals surface area contributed by atoms with E-state index >= 15 is 0 Å². The lowest BCUT2D eigenvalue weighted by atomic mass is 9.96. The Kier molecular flexibility index (Phi) is 2.99. The van der Waals surface area contributed by atoms with E-state index in [0.717, 1.165) is 21.9 Å². The van der Waals surface area contributed by atoms with E-state index in [1.807, 2.05) is 55.5 Å². The minimum absolute atomic E-state index is 0.0323. The number of ketones is 1. The summed E-state index contributed by atoms with van der Waals surface area (Å²) in [7, 11) is 0. The molecule has 2 N–H and O–H groups in total. The highest BCUT2D eigenvalue weighted by molar-refractivity contribution is 6.16. The maximum Gasteiger partial charge on any atom is 0.193 e. The zero-order chi connectivity index (χ0) is 14.1. The molecule has 3 aromatic carbocycles. The predicted octanol–water partition coefficient (Wildman–Crippen LogP) is 3.96. The standard InChI is InChI=1S/C18H15NO/c1-12-11-14(9-10-17(12)19)18(20)16-8-4-6-13-5-2-3-7-15(13)16/h2-11H,19H2,1H3. The van der Waals surface area contributed by atoms with Crippen LogP contribution in [0.1, 0.15) is 21.5 Å². The molecule has 3 aromatic rings. The van der Waals surface area contributed by atoms with Crippen molar-refractivity contribution in [2.75, 3.05) is 5.73 Å². The quantitative estimate of drug-likeness (QED) is 0.560. The summed E-state index contributed by atoms with van der Waals surface area (Å²) in [6.07, 6.45) is 0. The van der Waals surface area contributed by atoms with Crippen LogP contribution in [0.5, 0.6) is 0 Å². The first-order valence-corrected chi connectivity index (χ1v) is 6.55. The largest absolute Gasteiger partial charge is 0.399 e. The number of rotatable bonds is 2. The van der Waals surface area contributed by atoms with Crippen molar-refractivity contribution < 1.29 is 4.79 Å². The first kappa shape index (κ1) is 12.4. The Morgan fingerprint density at radius 3 is 2.50 bits per heavy atom. The Morgan fingerprint density at radius 1 is 0.950 bits per heavy atom. The van der Waals surface area contributed by atoms with E-state index in [1.54, 1.807) is 12.1 Å². The third-order valence-corrected chi connectivity index (χ3v) is 3.57. The number of carbonyl (C=O) groups excluding carboxylic acids is 1. The molecule has 0 fully saturated rings. The molecule has 0 spiro atoms. The zero-order valence-corrected chi connectivity index (χ0v) is 11.3. The van der Waals surface area contributed by atoms with Crippen molar-refractivity contribution in [3.05, 3.63) is 77.4 Å². The van der Waals surface area contributed by atoms with Crippen LogP contribution in [-0.2, 0) is 0 Å². The molecule has 2 nitrogen and oxygen atoms in total. The van der Waals surface area contributed by atoms with Crippen molar-refractivity contribution in [1.29, 1.82) is 0 Å². The predicted molar refractivity (Wildman–Crippen MR) is 83.0 cm³/mol. The average molecular weight is 261 g/mol. The second-order valence-corrected chi connectivity index (χ2v) is 4.93. The second kappa shape index (κ2) is 4.82. The molecule has 0 aliphatic carbocycles. The SMILES string of the molecule is Cc1cc(C(=O)c2cccc3ccccc23)ccc1N. The maximum absolute atomic E-state index is 12.7. The number of hydrogen-bond acceptors (Lipinski definition) is 2. The third-order valence-electron chi connectivity index (χ3n) is 3.57. The molecule has 0 aromatic heterocycles. The summed E-state index contributed by atoms with van der Waals surface area (Å²) in [5.74, 6) is 0.0323. The number of hydrogen-bond donors (Lipinski definition) is 1. The van der Waals surface area contributed by atoms with Gasteiger partial charge in [-0.15, -0.1) is 0 Å². The summed E-state index contributed by atoms with van der Waals surface area (Å²) >= 11 is 0. The van der Waals surface area contributed by atoms with Crippen LogP contribution in [0.15, 0.2) is 60.7 Å². The fraction of sp³-hybridized carbons (Fsp3) is 0.0556. The number of fused-ring (bicyclic) bond motifs is 1. The van der Waals surface area contributed by atoms with Crippen LogP contribution in [0.3, 0.4) is 0 Å². The first-order valence-electron chi connectivity index (χ1n) is 6.55. The summed E-state index contributed by atoms with van der Waals surface area (Å²) in [6.45, 7) is 1.91. The number of carbonyl (C=O) groups is 1. The van der Waals surface area contributed by atoms with Crippen molar-refractivity contribution >= 4 is 22.2 Å². The van der Waals surface area contributed by atoms with Crippen molar-refractivity contribution in [1.82, 2.24) is 0 Å². The van der Waals surface area contributed by atoms with Gasteiger partial charge in [0.1, 0.15) is 0 Å². The molecular weight excluding hydrogens is 246 g/mol. The van der Waals surface area contributed by atoms with Crippen molar-refractivity contribution in [2.45, 2.75) is 6.92 Å². The van der Waals surface area contributed by atoms with Crippen LogP contribution >= 0.6 is 0 Å². The van der Waals surface area contributed by atoms with Gasteiger partial charge in [-0.05, 0) is 41.5 Å². The Morgan fingerprint density at radius 2 is 1.70 bits per heavy atom. The molecule has 0 heterocycles. The molecule has 0 atom stereocenters. The summed E-state index contributed by atoms with van der Waals surface area (Å²) in [5, 5.41) is 2.06. The van der Waals surface area contributed by atoms with Crippen LogP contribution < -0.4 is 5.73 Å². The molecule has 0 saturated heterocycles. The number of nitrogen functional groups attached to an aromatic ring is 1. The van der Waals surface area contributed by atoms with Gasteiger partial charge >= 0.3 is 0 Å². The van der Waals surface area contributed by atoms with Gasteiger partial charge in [0, 0.05) is 16.8 Å². The fourth-order valence-corrected chi connectivity index (χ4v) is 2.40. The molecule has 0 amide bonds. The lowest BCUT2D eigenvalue weighted by Crippen LogP contribution is -2.03. The molecule has 98 valence electrons. The van der Waals surface area contributed by atoms with Gasteiger partial charge in [-0.2, -0.15) is 0 Å². The molecule has 0 unspecified atom stereocenters. The van der Waals surface area contributed by atoms with Gasteiger partial charge < -0.3 is 5.73 Å². The molecule has 0 aliphatic rings.